The number of para-hydroxylation sites is 3. The molecule has 5 rings (SSSR count). The van der Waals surface area contributed by atoms with Gasteiger partial charge in [-0.3, -0.25) is 9.38 Å². The van der Waals surface area contributed by atoms with Gasteiger partial charge in [-0.2, -0.15) is 0 Å². The second-order valence-electron chi connectivity index (χ2n) is 5.36. The van der Waals surface area contributed by atoms with E-state index in [1.807, 2.05) is 6.07 Å². The van der Waals surface area contributed by atoms with Crippen LogP contribution >= 0.6 is 0 Å². The van der Waals surface area contributed by atoms with Crippen LogP contribution in [-0.4, -0.2) is 19.8 Å². The van der Waals surface area contributed by atoms with Gasteiger partial charge in [0.25, 0.3) is 0 Å². The van der Waals surface area contributed by atoms with Gasteiger partial charge in [-0.1, -0.05) is 18.2 Å². The lowest BCUT2D eigenvalue weighted by Crippen LogP contribution is -2.30. The molecule has 0 aromatic heterocycles. The minimum absolute atomic E-state index is 0.976. The fourth-order valence-electron chi connectivity index (χ4n) is 3.25. The van der Waals surface area contributed by atoms with Crippen molar-refractivity contribution >= 4 is 17.1 Å². The lowest BCUT2D eigenvalue weighted by molar-refractivity contribution is 0.474. The zero-order chi connectivity index (χ0) is 11.7. The fourth-order valence-corrected chi connectivity index (χ4v) is 3.25. The molecule has 1 spiro atoms. The molecular weight excluding hydrogens is 224 g/mol. The van der Waals surface area contributed by atoms with Crippen molar-refractivity contribution in [2.45, 2.75) is 0 Å². The van der Waals surface area contributed by atoms with Gasteiger partial charge in [-0.25, -0.2) is 0 Å². The molecule has 0 amide bonds. The normalized spacial score (nSPS) is 20.3. The van der Waals surface area contributed by atoms with Crippen molar-refractivity contribution in [1.82, 2.24) is 4.48 Å². The number of fused-ring (bicyclic) bond motifs is 3. The third kappa shape index (κ3) is 0.910. The highest BCUT2D eigenvalue weighted by molar-refractivity contribution is 5.90. The minimum atomic E-state index is 0.976. The van der Waals surface area contributed by atoms with Gasteiger partial charge in [0, 0.05) is 6.07 Å². The van der Waals surface area contributed by atoms with E-state index in [9.17, 15) is 0 Å². The van der Waals surface area contributed by atoms with Crippen molar-refractivity contribution in [1.29, 1.82) is 0 Å². The Morgan fingerprint density at radius 2 is 1.78 bits per heavy atom. The second-order valence-corrected chi connectivity index (χ2v) is 5.36. The second kappa shape index (κ2) is 2.70. The van der Waals surface area contributed by atoms with Crippen LogP contribution in [-0.2, 0) is 0 Å². The standard InChI is InChI=1S/C15H13N2O/c1-2-6-13-11(4-1)16-10-17(8-9-17)12-5-3-7-14(18-13)15(12)16/h1-7H,8-10H2/q+1. The maximum Gasteiger partial charge on any atom is 0.164 e. The average molecular weight is 237 g/mol. The van der Waals surface area contributed by atoms with Gasteiger partial charge in [0.1, 0.15) is 13.1 Å². The van der Waals surface area contributed by atoms with Crippen LogP contribution in [0.3, 0.4) is 0 Å². The summed E-state index contributed by atoms with van der Waals surface area (Å²) < 4.78 is 7.15. The van der Waals surface area contributed by atoms with Crippen LogP contribution in [0.1, 0.15) is 0 Å². The lowest BCUT2D eigenvalue weighted by Gasteiger charge is -2.26. The molecule has 0 unspecified atom stereocenters. The Bertz CT molecular complexity index is 676. The number of quaternary nitrogens is 1. The molecule has 0 N–H and O–H groups in total. The van der Waals surface area contributed by atoms with E-state index in [0.29, 0.717) is 0 Å². The van der Waals surface area contributed by atoms with Gasteiger partial charge in [0.2, 0.25) is 0 Å². The average Bonchev–Trinajstić information content (AvgIpc) is 3.10. The predicted octanol–water partition coefficient (Wildman–Crippen LogP) is 3.22. The molecule has 0 atom stereocenters. The summed E-state index contributed by atoms with van der Waals surface area (Å²) >= 11 is 0. The highest BCUT2D eigenvalue weighted by Crippen LogP contribution is 2.58. The summed E-state index contributed by atoms with van der Waals surface area (Å²) in [4.78, 5) is 2.43. The highest BCUT2D eigenvalue weighted by atomic mass is 16.5. The van der Waals surface area contributed by atoms with Gasteiger partial charge in [0.05, 0.1) is 5.69 Å². The first-order valence-electron chi connectivity index (χ1n) is 6.42. The first-order chi connectivity index (χ1) is 8.87. The zero-order valence-electron chi connectivity index (χ0n) is 9.97. The quantitative estimate of drug-likeness (QED) is 0.515. The van der Waals surface area contributed by atoms with E-state index in [1.54, 1.807) is 0 Å². The minimum Gasteiger partial charge on any atom is -0.453 e. The third-order valence-electron chi connectivity index (χ3n) is 4.31. The summed E-state index contributed by atoms with van der Waals surface area (Å²) in [7, 11) is 0. The van der Waals surface area contributed by atoms with Crippen molar-refractivity contribution in [3.8, 4) is 11.5 Å². The number of ether oxygens (including phenoxy) is 1. The van der Waals surface area contributed by atoms with Gasteiger partial charge in [-0.05, 0) is 18.2 Å². The van der Waals surface area contributed by atoms with Crippen LogP contribution in [0.15, 0.2) is 42.5 Å². The van der Waals surface area contributed by atoms with E-state index in [0.717, 1.165) is 22.7 Å². The van der Waals surface area contributed by atoms with Gasteiger partial charge >= 0.3 is 0 Å². The van der Waals surface area contributed by atoms with E-state index in [2.05, 4.69) is 41.3 Å². The zero-order valence-corrected chi connectivity index (χ0v) is 9.97. The molecule has 2 aromatic carbocycles. The van der Waals surface area contributed by atoms with Crippen LogP contribution in [0, 0.1) is 0 Å². The van der Waals surface area contributed by atoms with Crippen LogP contribution in [0.2, 0.25) is 0 Å². The fraction of sp³-hybridized carbons (Fsp3) is 0.200. The Morgan fingerprint density at radius 1 is 0.944 bits per heavy atom. The molecule has 0 bridgehead atoms. The van der Waals surface area contributed by atoms with E-state index in [-0.39, 0.29) is 0 Å². The Labute approximate surface area is 105 Å². The molecule has 0 aliphatic carbocycles. The molecule has 0 saturated carbocycles. The van der Waals surface area contributed by atoms with Crippen molar-refractivity contribution in [3.63, 3.8) is 0 Å². The van der Waals surface area contributed by atoms with Crippen molar-refractivity contribution in [2.24, 2.45) is 0 Å². The predicted molar refractivity (Wildman–Crippen MR) is 71.5 cm³/mol. The number of anilines is 2. The number of hydrogen-bond donors (Lipinski definition) is 0. The summed E-state index contributed by atoms with van der Waals surface area (Å²) in [6.45, 7) is 3.58. The summed E-state index contributed by atoms with van der Waals surface area (Å²) in [6, 6.07) is 14.8. The smallest absolute Gasteiger partial charge is 0.164 e. The maximum atomic E-state index is 6.04. The Hall–Kier alpha value is -2.00. The number of rotatable bonds is 0. The first-order valence-corrected chi connectivity index (χ1v) is 6.42. The third-order valence-corrected chi connectivity index (χ3v) is 4.31. The Kier molecular flexibility index (Phi) is 1.35. The molecule has 88 valence electrons. The topological polar surface area (TPSA) is 12.5 Å². The molecule has 1 fully saturated rings. The SMILES string of the molecule is c1ccc2c(c1)Oc1cccc3c1N2C[N+]31CC1. The molecule has 2 aromatic rings. The number of benzene rings is 2. The van der Waals surface area contributed by atoms with Crippen LogP contribution in [0.25, 0.3) is 0 Å². The van der Waals surface area contributed by atoms with E-state index < -0.39 is 0 Å². The van der Waals surface area contributed by atoms with E-state index in [4.69, 9.17) is 4.74 Å². The number of hydrogen-bond acceptors (Lipinski definition) is 2. The van der Waals surface area contributed by atoms with Crippen LogP contribution in [0.4, 0.5) is 17.1 Å². The number of nitrogens with zero attached hydrogens (tertiary/aromatic N) is 2. The van der Waals surface area contributed by atoms with Crippen molar-refractivity contribution < 1.29 is 4.74 Å². The van der Waals surface area contributed by atoms with Crippen molar-refractivity contribution in [3.05, 3.63) is 42.5 Å². The van der Waals surface area contributed by atoms with E-state index in [1.165, 1.54) is 30.2 Å². The Balaban J connectivity index is 1.83. The lowest BCUT2D eigenvalue weighted by atomic mass is 10.1. The summed E-state index contributed by atoms with van der Waals surface area (Å²) in [5.41, 5.74) is 3.93. The molecule has 3 aliphatic heterocycles. The van der Waals surface area contributed by atoms with Gasteiger partial charge in [0.15, 0.2) is 29.5 Å². The maximum absolute atomic E-state index is 6.04. The summed E-state index contributed by atoms with van der Waals surface area (Å²) in [5.74, 6) is 1.98. The van der Waals surface area contributed by atoms with Crippen LogP contribution in [0.5, 0.6) is 11.5 Å². The molecule has 3 aliphatic rings. The summed E-state index contributed by atoms with van der Waals surface area (Å²) in [6.07, 6.45) is 0. The Morgan fingerprint density at radius 3 is 2.67 bits per heavy atom. The van der Waals surface area contributed by atoms with E-state index >= 15 is 0 Å². The van der Waals surface area contributed by atoms with Crippen LogP contribution < -0.4 is 14.1 Å². The molecule has 3 heteroatoms. The monoisotopic (exact) mass is 237 g/mol. The largest absolute Gasteiger partial charge is 0.453 e. The molecule has 3 heterocycles. The molecule has 1 saturated heterocycles. The van der Waals surface area contributed by atoms with Crippen molar-refractivity contribution in [2.75, 3.05) is 24.7 Å². The highest BCUT2D eigenvalue weighted by Gasteiger charge is 2.55. The molecule has 18 heavy (non-hydrogen) atoms. The molecule has 3 nitrogen and oxygen atoms in total. The molecule has 0 radical (unpaired) electrons. The molecular formula is C15H13N2O+. The van der Waals surface area contributed by atoms with Gasteiger partial charge in [-0.15, -0.1) is 0 Å². The summed E-state index contributed by atoms with van der Waals surface area (Å²) in [5, 5.41) is 0. The van der Waals surface area contributed by atoms with Gasteiger partial charge < -0.3 is 4.74 Å². The first kappa shape index (κ1) is 9.00.